The maximum atomic E-state index is 8.47. The largest absolute Gasteiger partial charge is 0.198 e. The van der Waals surface area contributed by atoms with Crippen molar-refractivity contribution < 1.29 is 0 Å². The second kappa shape index (κ2) is 4.81. The molecule has 0 aromatic carbocycles. The highest BCUT2D eigenvalue weighted by atomic mass is 79.9. The normalized spacial score (nSPS) is 16.2. The van der Waals surface area contributed by atoms with E-state index in [9.17, 15) is 0 Å². The van der Waals surface area contributed by atoms with Crippen molar-refractivity contribution in [1.29, 1.82) is 5.26 Å². The summed E-state index contributed by atoms with van der Waals surface area (Å²) >= 11 is 3.34. The first-order chi connectivity index (χ1) is 4.22. The van der Waals surface area contributed by atoms with Crippen LogP contribution in [-0.4, -0.2) is 5.33 Å². The van der Waals surface area contributed by atoms with Crippen LogP contribution in [0, 0.1) is 23.2 Å². The molecular weight excluding hydrogens is 178 g/mol. The van der Waals surface area contributed by atoms with E-state index < -0.39 is 0 Å². The van der Waals surface area contributed by atoms with Crippen LogP contribution in [0.4, 0.5) is 0 Å². The highest BCUT2D eigenvalue weighted by molar-refractivity contribution is 9.09. The van der Waals surface area contributed by atoms with Crippen molar-refractivity contribution in [1.82, 2.24) is 0 Å². The molecule has 0 radical (unpaired) electrons. The van der Waals surface area contributed by atoms with Crippen LogP contribution in [0.25, 0.3) is 0 Å². The Bertz CT molecular complexity index is 106. The van der Waals surface area contributed by atoms with Crippen LogP contribution < -0.4 is 0 Å². The standard InChI is InChI=1S/C7H12BrN/c1-6(3-4-8)7(2)5-9/h6-7H,3-4H2,1-2H3. The Labute approximate surface area is 65.2 Å². The van der Waals surface area contributed by atoms with Crippen molar-refractivity contribution >= 4 is 15.9 Å². The Morgan fingerprint density at radius 3 is 2.44 bits per heavy atom. The highest BCUT2D eigenvalue weighted by Gasteiger charge is 2.08. The molecular formula is C7H12BrN. The van der Waals surface area contributed by atoms with Gasteiger partial charge < -0.3 is 0 Å². The SMILES string of the molecule is CC(C#N)C(C)CCBr. The number of nitriles is 1. The highest BCUT2D eigenvalue weighted by Crippen LogP contribution is 2.14. The predicted molar refractivity (Wildman–Crippen MR) is 42.4 cm³/mol. The summed E-state index contributed by atoms with van der Waals surface area (Å²) in [5, 5.41) is 9.47. The molecule has 0 saturated carbocycles. The molecule has 0 heterocycles. The maximum Gasteiger partial charge on any atom is 0.0655 e. The summed E-state index contributed by atoms with van der Waals surface area (Å²) in [4.78, 5) is 0. The number of rotatable bonds is 3. The van der Waals surface area contributed by atoms with E-state index in [4.69, 9.17) is 5.26 Å². The summed E-state index contributed by atoms with van der Waals surface area (Å²) in [6, 6.07) is 2.23. The zero-order valence-electron chi connectivity index (χ0n) is 5.89. The van der Waals surface area contributed by atoms with Crippen molar-refractivity contribution in [2.45, 2.75) is 20.3 Å². The van der Waals surface area contributed by atoms with E-state index in [1.807, 2.05) is 6.92 Å². The second-order valence-corrected chi connectivity index (χ2v) is 3.17. The number of hydrogen-bond donors (Lipinski definition) is 0. The average Bonchev–Trinajstić information content (AvgIpc) is 1.87. The fourth-order valence-electron chi connectivity index (χ4n) is 0.549. The zero-order chi connectivity index (χ0) is 7.28. The lowest BCUT2D eigenvalue weighted by molar-refractivity contribution is 0.459. The van der Waals surface area contributed by atoms with Crippen LogP contribution in [0.15, 0.2) is 0 Å². The Kier molecular flexibility index (Phi) is 4.80. The third-order valence-corrected chi connectivity index (χ3v) is 2.08. The third kappa shape index (κ3) is 3.53. The molecule has 0 aromatic heterocycles. The lowest BCUT2D eigenvalue weighted by Gasteiger charge is -2.09. The molecule has 0 aliphatic rings. The lowest BCUT2D eigenvalue weighted by atomic mass is 9.95. The molecule has 9 heavy (non-hydrogen) atoms. The fraction of sp³-hybridized carbons (Fsp3) is 0.857. The van der Waals surface area contributed by atoms with Crippen LogP contribution in [0.1, 0.15) is 20.3 Å². The quantitative estimate of drug-likeness (QED) is 0.627. The van der Waals surface area contributed by atoms with Gasteiger partial charge in [0.15, 0.2) is 0 Å². The van der Waals surface area contributed by atoms with Crippen molar-refractivity contribution in [2.24, 2.45) is 11.8 Å². The summed E-state index contributed by atoms with van der Waals surface area (Å²) in [6.07, 6.45) is 1.09. The summed E-state index contributed by atoms with van der Waals surface area (Å²) in [6.45, 7) is 4.07. The minimum Gasteiger partial charge on any atom is -0.198 e. The summed E-state index contributed by atoms with van der Waals surface area (Å²) in [7, 11) is 0. The van der Waals surface area contributed by atoms with Crippen LogP contribution in [0.5, 0.6) is 0 Å². The summed E-state index contributed by atoms with van der Waals surface area (Å²) in [5.41, 5.74) is 0. The van der Waals surface area contributed by atoms with Crippen LogP contribution in [-0.2, 0) is 0 Å². The minimum atomic E-state index is 0.197. The monoisotopic (exact) mass is 189 g/mol. The molecule has 0 aliphatic heterocycles. The molecule has 0 bridgehead atoms. The van der Waals surface area contributed by atoms with Crippen molar-refractivity contribution in [3.63, 3.8) is 0 Å². The van der Waals surface area contributed by atoms with E-state index in [0.29, 0.717) is 5.92 Å². The van der Waals surface area contributed by atoms with Gasteiger partial charge in [0.2, 0.25) is 0 Å². The molecule has 0 aromatic rings. The van der Waals surface area contributed by atoms with Gasteiger partial charge in [-0.1, -0.05) is 22.9 Å². The van der Waals surface area contributed by atoms with Gasteiger partial charge in [-0.3, -0.25) is 0 Å². The van der Waals surface area contributed by atoms with E-state index in [1.54, 1.807) is 0 Å². The van der Waals surface area contributed by atoms with Crippen LogP contribution >= 0.6 is 15.9 Å². The first-order valence-electron chi connectivity index (χ1n) is 3.18. The van der Waals surface area contributed by atoms with Gasteiger partial charge in [0.1, 0.15) is 0 Å². The molecule has 0 fully saturated rings. The Morgan fingerprint density at radius 1 is 1.56 bits per heavy atom. The number of alkyl halides is 1. The summed E-state index contributed by atoms with van der Waals surface area (Å²) < 4.78 is 0. The topological polar surface area (TPSA) is 23.8 Å². The van der Waals surface area contributed by atoms with Gasteiger partial charge in [-0.15, -0.1) is 0 Å². The van der Waals surface area contributed by atoms with E-state index in [2.05, 4.69) is 28.9 Å². The van der Waals surface area contributed by atoms with Gasteiger partial charge in [0.25, 0.3) is 0 Å². The molecule has 0 spiro atoms. The Balaban J connectivity index is 3.48. The van der Waals surface area contributed by atoms with Crippen molar-refractivity contribution in [3.8, 4) is 6.07 Å². The van der Waals surface area contributed by atoms with E-state index in [-0.39, 0.29) is 5.92 Å². The first kappa shape index (κ1) is 8.97. The van der Waals surface area contributed by atoms with Gasteiger partial charge in [0.05, 0.1) is 6.07 Å². The maximum absolute atomic E-state index is 8.47. The molecule has 52 valence electrons. The van der Waals surface area contributed by atoms with E-state index in [0.717, 1.165) is 11.8 Å². The van der Waals surface area contributed by atoms with Crippen LogP contribution in [0.3, 0.4) is 0 Å². The van der Waals surface area contributed by atoms with Crippen molar-refractivity contribution in [2.75, 3.05) is 5.33 Å². The smallest absolute Gasteiger partial charge is 0.0655 e. The zero-order valence-corrected chi connectivity index (χ0v) is 7.48. The third-order valence-electron chi connectivity index (χ3n) is 1.62. The predicted octanol–water partition coefficient (Wildman–Crippen LogP) is 2.57. The lowest BCUT2D eigenvalue weighted by Crippen LogP contribution is -2.05. The summed E-state index contributed by atoms with van der Waals surface area (Å²) in [5.74, 6) is 0.719. The second-order valence-electron chi connectivity index (χ2n) is 2.37. The molecule has 0 rings (SSSR count). The molecule has 2 heteroatoms. The molecule has 0 N–H and O–H groups in total. The van der Waals surface area contributed by atoms with E-state index >= 15 is 0 Å². The fourth-order valence-corrected chi connectivity index (χ4v) is 1.27. The van der Waals surface area contributed by atoms with Gasteiger partial charge in [0, 0.05) is 11.2 Å². The molecule has 0 amide bonds. The van der Waals surface area contributed by atoms with Crippen molar-refractivity contribution in [3.05, 3.63) is 0 Å². The molecule has 2 atom stereocenters. The van der Waals surface area contributed by atoms with E-state index in [1.165, 1.54) is 0 Å². The van der Waals surface area contributed by atoms with Crippen LogP contribution in [0.2, 0.25) is 0 Å². The van der Waals surface area contributed by atoms with Gasteiger partial charge in [-0.25, -0.2) is 0 Å². The Hall–Kier alpha value is -0.0300. The van der Waals surface area contributed by atoms with Gasteiger partial charge >= 0.3 is 0 Å². The number of nitrogens with zero attached hydrogens (tertiary/aromatic N) is 1. The molecule has 1 nitrogen and oxygen atoms in total. The minimum absolute atomic E-state index is 0.197. The number of hydrogen-bond acceptors (Lipinski definition) is 1. The average molecular weight is 190 g/mol. The molecule has 2 unspecified atom stereocenters. The van der Waals surface area contributed by atoms with Gasteiger partial charge in [-0.2, -0.15) is 5.26 Å². The number of halogens is 1. The first-order valence-corrected chi connectivity index (χ1v) is 4.30. The Morgan fingerprint density at radius 2 is 2.11 bits per heavy atom. The molecule has 0 saturated heterocycles. The molecule has 0 aliphatic carbocycles. The van der Waals surface area contributed by atoms with Gasteiger partial charge in [-0.05, 0) is 19.3 Å².